The molecular formula is C9H15N3O. The van der Waals surface area contributed by atoms with Gasteiger partial charge in [0.15, 0.2) is 0 Å². The molecule has 1 aromatic heterocycles. The summed E-state index contributed by atoms with van der Waals surface area (Å²) in [6, 6.07) is 0. The Morgan fingerprint density at radius 2 is 2.08 bits per heavy atom. The lowest BCUT2D eigenvalue weighted by molar-refractivity contribution is 0.360. The van der Waals surface area contributed by atoms with Crippen molar-refractivity contribution >= 4 is 0 Å². The van der Waals surface area contributed by atoms with Gasteiger partial charge in [0.25, 0.3) is 0 Å². The molecule has 0 amide bonds. The molecule has 0 aliphatic carbocycles. The molecule has 0 aliphatic rings. The van der Waals surface area contributed by atoms with E-state index in [1.165, 1.54) is 0 Å². The summed E-state index contributed by atoms with van der Waals surface area (Å²) in [6.45, 7) is 3.92. The summed E-state index contributed by atoms with van der Waals surface area (Å²) in [5.74, 6) is 0.509. The Bertz CT molecular complexity index is 286. The number of hydrogen-bond acceptors (Lipinski definition) is 4. The standard InChI is InChI=1S/C9H15N3O/c1-4-9(2,10)7-8(13-3)12-6-5-11-7/h5-6H,4,10H2,1-3H3. The van der Waals surface area contributed by atoms with E-state index >= 15 is 0 Å². The van der Waals surface area contributed by atoms with Gasteiger partial charge in [0.2, 0.25) is 5.88 Å². The minimum atomic E-state index is -0.473. The van der Waals surface area contributed by atoms with E-state index < -0.39 is 5.54 Å². The molecule has 4 nitrogen and oxygen atoms in total. The molecule has 4 heteroatoms. The maximum atomic E-state index is 6.03. The molecule has 1 unspecified atom stereocenters. The van der Waals surface area contributed by atoms with Crippen LogP contribution in [0.4, 0.5) is 0 Å². The number of hydrogen-bond donors (Lipinski definition) is 1. The summed E-state index contributed by atoms with van der Waals surface area (Å²) < 4.78 is 5.08. The minimum Gasteiger partial charge on any atom is -0.480 e. The Morgan fingerprint density at radius 3 is 2.62 bits per heavy atom. The van der Waals surface area contributed by atoms with Gasteiger partial charge in [0.05, 0.1) is 12.6 Å². The Hall–Kier alpha value is -1.16. The van der Waals surface area contributed by atoms with Gasteiger partial charge in [-0.25, -0.2) is 4.98 Å². The van der Waals surface area contributed by atoms with Crippen LogP contribution < -0.4 is 10.5 Å². The maximum absolute atomic E-state index is 6.03. The van der Waals surface area contributed by atoms with Gasteiger partial charge in [0, 0.05) is 12.4 Å². The number of rotatable bonds is 3. The highest BCUT2D eigenvalue weighted by Gasteiger charge is 2.25. The zero-order chi connectivity index (χ0) is 9.90. The molecule has 2 N–H and O–H groups in total. The monoisotopic (exact) mass is 181 g/mol. The quantitative estimate of drug-likeness (QED) is 0.757. The minimum absolute atomic E-state index is 0.473. The summed E-state index contributed by atoms with van der Waals surface area (Å²) >= 11 is 0. The van der Waals surface area contributed by atoms with Crippen molar-refractivity contribution in [2.75, 3.05) is 7.11 Å². The molecule has 13 heavy (non-hydrogen) atoms. The zero-order valence-corrected chi connectivity index (χ0v) is 8.24. The first-order valence-corrected chi connectivity index (χ1v) is 4.26. The predicted octanol–water partition coefficient (Wildman–Crippen LogP) is 1.07. The lowest BCUT2D eigenvalue weighted by atomic mass is 9.96. The molecule has 0 radical (unpaired) electrons. The Balaban J connectivity index is 3.12. The van der Waals surface area contributed by atoms with Crippen molar-refractivity contribution in [1.82, 2.24) is 9.97 Å². The van der Waals surface area contributed by atoms with Crippen molar-refractivity contribution < 1.29 is 4.74 Å². The van der Waals surface area contributed by atoms with Crippen LogP contribution in [0.1, 0.15) is 26.0 Å². The first kappa shape index (κ1) is 9.92. The second-order valence-corrected chi connectivity index (χ2v) is 3.19. The van der Waals surface area contributed by atoms with Gasteiger partial charge in [-0.05, 0) is 13.3 Å². The first-order chi connectivity index (χ1) is 6.11. The van der Waals surface area contributed by atoms with Crippen LogP contribution in [-0.4, -0.2) is 17.1 Å². The van der Waals surface area contributed by atoms with Crippen LogP contribution in [0.3, 0.4) is 0 Å². The van der Waals surface area contributed by atoms with Gasteiger partial charge in [-0.1, -0.05) is 6.92 Å². The van der Waals surface area contributed by atoms with E-state index in [1.807, 2.05) is 13.8 Å². The molecule has 0 bridgehead atoms. The number of ether oxygens (including phenoxy) is 1. The average molecular weight is 181 g/mol. The second-order valence-electron chi connectivity index (χ2n) is 3.19. The van der Waals surface area contributed by atoms with Crippen molar-refractivity contribution in [2.45, 2.75) is 25.8 Å². The maximum Gasteiger partial charge on any atom is 0.237 e. The van der Waals surface area contributed by atoms with Crippen LogP contribution in [0.15, 0.2) is 12.4 Å². The third kappa shape index (κ3) is 1.95. The van der Waals surface area contributed by atoms with E-state index in [2.05, 4.69) is 9.97 Å². The molecule has 1 heterocycles. The zero-order valence-electron chi connectivity index (χ0n) is 8.24. The number of nitrogens with zero attached hydrogens (tertiary/aromatic N) is 2. The van der Waals surface area contributed by atoms with E-state index in [9.17, 15) is 0 Å². The molecule has 1 aromatic rings. The van der Waals surface area contributed by atoms with E-state index in [-0.39, 0.29) is 0 Å². The van der Waals surface area contributed by atoms with Gasteiger partial charge in [-0.2, -0.15) is 0 Å². The van der Waals surface area contributed by atoms with Crippen LogP contribution in [0, 0.1) is 0 Å². The third-order valence-electron chi connectivity index (χ3n) is 2.13. The van der Waals surface area contributed by atoms with Gasteiger partial charge in [-0.3, -0.25) is 4.98 Å². The van der Waals surface area contributed by atoms with Crippen LogP contribution in [0.25, 0.3) is 0 Å². The molecule has 0 fully saturated rings. The molecule has 1 rings (SSSR count). The van der Waals surface area contributed by atoms with Gasteiger partial charge < -0.3 is 10.5 Å². The fourth-order valence-electron chi connectivity index (χ4n) is 1.03. The molecule has 0 aromatic carbocycles. The highest BCUT2D eigenvalue weighted by atomic mass is 16.5. The van der Waals surface area contributed by atoms with Crippen LogP contribution in [0.5, 0.6) is 5.88 Å². The second kappa shape index (κ2) is 3.70. The molecule has 0 saturated heterocycles. The molecule has 0 saturated carbocycles. The fraction of sp³-hybridized carbons (Fsp3) is 0.556. The van der Waals surface area contributed by atoms with Crippen molar-refractivity contribution in [3.63, 3.8) is 0 Å². The Kier molecular flexibility index (Phi) is 2.83. The van der Waals surface area contributed by atoms with Crippen LogP contribution in [0.2, 0.25) is 0 Å². The molecule has 1 atom stereocenters. The van der Waals surface area contributed by atoms with Gasteiger partial charge in [-0.15, -0.1) is 0 Å². The highest BCUT2D eigenvalue weighted by Crippen LogP contribution is 2.25. The molecular weight excluding hydrogens is 166 g/mol. The summed E-state index contributed by atoms with van der Waals surface area (Å²) in [5.41, 5.74) is 6.27. The summed E-state index contributed by atoms with van der Waals surface area (Å²) in [5, 5.41) is 0. The highest BCUT2D eigenvalue weighted by molar-refractivity contribution is 5.24. The van der Waals surface area contributed by atoms with Crippen molar-refractivity contribution in [3.8, 4) is 5.88 Å². The lowest BCUT2D eigenvalue weighted by Gasteiger charge is -2.22. The van der Waals surface area contributed by atoms with Crippen molar-refractivity contribution in [3.05, 3.63) is 18.1 Å². The van der Waals surface area contributed by atoms with Crippen LogP contribution in [-0.2, 0) is 5.54 Å². The van der Waals surface area contributed by atoms with E-state index in [0.29, 0.717) is 11.6 Å². The summed E-state index contributed by atoms with van der Waals surface area (Å²) in [6.07, 6.45) is 4.01. The smallest absolute Gasteiger partial charge is 0.237 e. The molecule has 0 aliphatic heterocycles. The Labute approximate surface area is 78.1 Å². The molecule has 0 spiro atoms. The Morgan fingerprint density at radius 1 is 1.46 bits per heavy atom. The lowest BCUT2D eigenvalue weighted by Crippen LogP contribution is -2.33. The number of methoxy groups -OCH3 is 1. The normalized spacial score (nSPS) is 15.1. The topological polar surface area (TPSA) is 61.0 Å². The van der Waals surface area contributed by atoms with E-state index in [1.54, 1.807) is 19.5 Å². The van der Waals surface area contributed by atoms with Crippen molar-refractivity contribution in [2.24, 2.45) is 5.73 Å². The SMILES string of the molecule is CCC(C)(N)c1nccnc1OC. The van der Waals surface area contributed by atoms with E-state index in [4.69, 9.17) is 10.5 Å². The predicted molar refractivity (Wildman–Crippen MR) is 50.4 cm³/mol. The molecule has 72 valence electrons. The number of nitrogens with two attached hydrogens (primary N) is 1. The summed E-state index contributed by atoms with van der Waals surface area (Å²) in [7, 11) is 1.57. The third-order valence-corrected chi connectivity index (χ3v) is 2.13. The fourth-order valence-corrected chi connectivity index (χ4v) is 1.03. The first-order valence-electron chi connectivity index (χ1n) is 4.26. The number of aromatic nitrogens is 2. The van der Waals surface area contributed by atoms with E-state index in [0.717, 1.165) is 6.42 Å². The summed E-state index contributed by atoms with van der Waals surface area (Å²) in [4.78, 5) is 8.23. The van der Waals surface area contributed by atoms with Gasteiger partial charge >= 0.3 is 0 Å². The van der Waals surface area contributed by atoms with Crippen molar-refractivity contribution in [1.29, 1.82) is 0 Å². The largest absolute Gasteiger partial charge is 0.480 e. The van der Waals surface area contributed by atoms with Crippen LogP contribution >= 0.6 is 0 Å². The average Bonchev–Trinajstić information content (AvgIpc) is 2.18. The van der Waals surface area contributed by atoms with Gasteiger partial charge in [0.1, 0.15) is 5.69 Å².